The van der Waals surface area contributed by atoms with Crippen LogP contribution in [0.15, 0.2) is 66.9 Å². The lowest BCUT2D eigenvalue weighted by molar-refractivity contribution is 0.123. The first kappa shape index (κ1) is 22.2. The fourth-order valence-corrected chi connectivity index (χ4v) is 5.75. The van der Waals surface area contributed by atoms with Gasteiger partial charge in [0, 0.05) is 41.5 Å². The van der Waals surface area contributed by atoms with Crippen LogP contribution in [0.2, 0.25) is 0 Å². The lowest BCUT2D eigenvalue weighted by atomic mass is 9.91. The van der Waals surface area contributed by atoms with Crippen LogP contribution in [0.25, 0.3) is 22.0 Å². The van der Waals surface area contributed by atoms with Crippen molar-refractivity contribution in [1.29, 1.82) is 0 Å². The minimum Gasteiger partial charge on any atom is -0.493 e. The Balaban J connectivity index is 1.19. The summed E-state index contributed by atoms with van der Waals surface area (Å²) >= 11 is 0. The van der Waals surface area contributed by atoms with Crippen molar-refractivity contribution in [2.45, 2.75) is 38.5 Å². The standard InChI is InChI=1S/C31H34N2O2/c1-2-11-25-23(8-1)9-5-16-30(25)35-19-7-10-24-22-32-31-26(24)13-6-14-28(31)27-12-3-4-15-29(27)33-17-20-34-21-18-33/h3-6,9,12-16,22,32H,1-2,7-8,10-11,17-21H2. The van der Waals surface area contributed by atoms with E-state index >= 15 is 0 Å². The molecule has 0 radical (unpaired) electrons. The molecule has 4 nitrogen and oxygen atoms in total. The average Bonchev–Trinajstić information content (AvgIpc) is 3.35. The summed E-state index contributed by atoms with van der Waals surface area (Å²) in [6.45, 7) is 4.21. The number of fused-ring (bicyclic) bond motifs is 2. The second kappa shape index (κ2) is 10.2. The number of nitrogens with one attached hydrogen (secondary N) is 1. The molecule has 0 spiro atoms. The number of ether oxygens (including phenoxy) is 2. The van der Waals surface area contributed by atoms with Crippen LogP contribution in [0.1, 0.15) is 36.0 Å². The Labute approximate surface area is 207 Å². The van der Waals surface area contributed by atoms with Crippen LogP contribution in [0.4, 0.5) is 5.69 Å². The van der Waals surface area contributed by atoms with Gasteiger partial charge < -0.3 is 19.4 Å². The average molecular weight is 467 g/mol. The van der Waals surface area contributed by atoms with E-state index in [2.05, 4.69) is 76.7 Å². The van der Waals surface area contributed by atoms with Crippen LogP contribution in [0, 0.1) is 0 Å². The molecule has 1 saturated heterocycles. The number of hydrogen-bond donors (Lipinski definition) is 1. The fourth-order valence-electron chi connectivity index (χ4n) is 5.75. The SMILES string of the molecule is c1cc2c(c(OCCCc3c[nH]c4c(-c5ccccc5N5CCOCC5)cccc34)c1)CCCC2. The molecular weight excluding hydrogens is 432 g/mol. The number of aromatic amines is 1. The van der Waals surface area contributed by atoms with E-state index in [9.17, 15) is 0 Å². The van der Waals surface area contributed by atoms with E-state index in [1.54, 1.807) is 0 Å². The van der Waals surface area contributed by atoms with Gasteiger partial charge in [-0.25, -0.2) is 0 Å². The monoisotopic (exact) mass is 466 g/mol. The molecule has 0 atom stereocenters. The maximum Gasteiger partial charge on any atom is 0.122 e. The van der Waals surface area contributed by atoms with Crippen molar-refractivity contribution in [1.82, 2.24) is 4.98 Å². The molecule has 0 amide bonds. The number of anilines is 1. The van der Waals surface area contributed by atoms with Crippen molar-refractivity contribution in [2.24, 2.45) is 0 Å². The Bertz CT molecular complexity index is 1300. The molecule has 0 bridgehead atoms. The Morgan fingerprint density at radius 2 is 1.69 bits per heavy atom. The van der Waals surface area contributed by atoms with Crippen LogP contribution in [0.3, 0.4) is 0 Å². The van der Waals surface area contributed by atoms with E-state index in [1.807, 2.05) is 0 Å². The van der Waals surface area contributed by atoms with Crippen LogP contribution in [-0.2, 0) is 24.0 Å². The lowest BCUT2D eigenvalue weighted by Crippen LogP contribution is -2.36. The van der Waals surface area contributed by atoms with E-state index in [1.165, 1.54) is 63.7 Å². The molecule has 4 aromatic rings. The molecule has 35 heavy (non-hydrogen) atoms. The normalized spacial score (nSPS) is 15.8. The minimum absolute atomic E-state index is 0.753. The Hall–Kier alpha value is -3.24. The largest absolute Gasteiger partial charge is 0.493 e. The van der Waals surface area contributed by atoms with Crippen molar-refractivity contribution in [3.05, 3.63) is 83.6 Å². The first-order valence-corrected chi connectivity index (χ1v) is 13.1. The van der Waals surface area contributed by atoms with Gasteiger partial charge in [-0.1, -0.05) is 48.5 Å². The summed E-state index contributed by atoms with van der Waals surface area (Å²) in [5.41, 5.74) is 9.35. The van der Waals surface area contributed by atoms with E-state index in [4.69, 9.17) is 9.47 Å². The number of hydrogen-bond acceptors (Lipinski definition) is 3. The molecule has 0 unspecified atom stereocenters. The lowest BCUT2D eigenvalue weighted by Gasteiger charge is -2.30. The molecule has 1 aliphatic carbocycles. The molecule has 2 heterocycles. The van der Waals surface area contributed by atoms with E-state index in [0.717, 1.165) is 57.9 Å². The highest BCUT2D eigenvalue weighted by Gasteiger charge is 2.18. The second-order valence-corrected chi connectivity index (χ2v) is 9.71. The van der Waals surface area contributed by atoms with Gasteiger partial charge in [-0.3, -0.25) is 0 Å². The zero-order chi connectivity index (χ0) is 23.5. The quantitative estimate of drug-likeness (QED) is 0.313. The number of para-hydroxylation sites is 2. The molecule has 1 aliphatic heterocycles. The third-order valence-corrected chi connectivity index (χ3v) is 7.55. The van der Waals surface area contributed by atoms with E-state index < -0.39 is 0 Å². The summed E-state index contributed by atoms with van der Waals surface area (Å²) in [4.78, 5) is 6.05. The smallest absolute Gasteiger partial charge is 0.122 e. The number of aromatic nitrogens is 1. The number of nitrogens with zero attached hydrogens (tertiary/aromatic N) is 1. The number of benzene rings is 3. The van der Waals surface area contributed by atoms with Gasteiger partial charge in [0.1, 0.15) is 5.75 Å². The van der Waals surface area contributed by atoms with Crippen molar-refractivity contribution in [3.8, 4) is 16.9 Å². The van der Waals surface area contributed by atoms with Crippen LogP contribution < -0.4 is 9.64 Å². The highest BCUT2D eigenvalue weighted by molar-refractivity contribution is 5.99. The predicted molar refractivity (Wildman–Crippen MR) is 144 cm³/mol. The van der Waals surface area contributed by atoms with Crippen molar-refractivity contribution in [3.63, 3.8) is 0 Å². The highest BCUT2D eigenvalue weighted by atomic mass is 16.5. The molecule has 1 fully saturated rings. The van der Waals surface area contributed by atoms with Gasteiger partial charge in [-0.05, 0) is 67.3 Å². The first-order chi connectivity index (χ1) is 17.4. The van der Waals surface area contributed by atoms with Crippen LogP contribution in [-0.4, -0.2) is 37.9 Å². The molecule has 0 saturated carbocycles. The summed E-state index contributed by atoms with van der Waals surface area (Å²) < 4.78 is 11.8. The summed E-state index contributed by atoms with van der Waals surface area (Å²) in [6.07, 6.45) is 9.13. The third kappa shape index (κ3) is 4.55. The summed E-state index contributed by atoms with van der Waals surface area (Å²) in [5, 5.41) is 1.32. The predicted octanol–water partition coefficient (Wildman–Crippen LogP) is 6.56. The molecule has 1 aromatic heterocycles. The Morgan fingerprint density at radius 3 is 2.63 bits per heavy atom. The van der Waals surface area contributed by atoms with Crippen molar-refractivity contribution >= 4 is 16.6 Å². The minimum atomic E-state index is 0.753. The summed E-state index contributed by atoms with van der Waals surface area (Å²) in [5.74, 6) is 1.10. The molecule has 2 aliphatic rings. The molecule has 180 valence electrons. The first-order valence-electron chi connectivity index (χ1n) is 13.1. The third-order valence-electron chi connectivity index (χ3n) is 7.55. The zero-order valence-corrected chi connectivity index (χ0v) is 20.4. The second-order valence-electron chi connectivity index (χ2n) is 9.71. The molecule has 3 aromatic carbocycles. The summed E-state index contributed by atoms with van der Waals surface area (Å²) in [6, 6.07) is 22.0. The topological polar surface area (TPSA) is 37.5 Å². The zero-order valence-electron chi connectivity index (χ0n) is 20.4. The van der Waals surface area contributed by atoms with Crippen molar-refractivity contribution in [2.75, 3.05) is 37.8 Å². The fraction of sp³-hybridized carbons (Fsp3) is 0.355. The molecular formula is C31H34N2O2. The van der Waals surface area contributed by atoms with Gasteiger partial charge in [0.25, 0.3) is 0 Å². The van der Waals surface area contributed by atoms with Gasteiger partial charge in [0.15, 0.2) is 0 Å². The van der Waals surface area contributed by atoms with Crippen LogP contribution in [0.5, 0.6) is 5.75 Å². The van der Waals surface area contributed by atoms with Gasteiger partial charge in [0.05, 0.1) is 25.3 Å². The number of morpholine rings is 1. The number of H-pyrrole nitrogens is 1. The Morgan fingerprint density at radius 1 is 0.857 bits per heavy atom. The molecule has 4 heteroatoms. The van der Waals surface area contributed by atoms with Gasteiger partial charge in [-0.15, -0.1) is 0 Å². The van der Waals surface area contributed by atoms with Gasteiger partial charge >= 0.3 is 0 Å². The van der Waals surface area contributed by atoms with E-state index in [0.29, 0.717) is 0 Å². The van der Waals surface area contributed by atoms with Crippen LogP contribution >= 0.6 is 0 Å². The number of rotatable bonds is 7. The van der Waals surface area contributed by atoms with E-state index in [-0.39, 0.29) is 0 Å². The molecule has 1 N–H and O–H groups in total. The van der Waals surface area contributed by atoms with Gasteiger partial charge in [0.2, 0.25) is 0 Å². The van der Waals surface area contributed by atoms with Gasteiger partial charge in [-0.2, -0.15) is 0 Å². The highest BCUT2D eigenvalue weighted by Crippen LogP contribution is 2.36. The number of aryl methyl sites for hydroxylation is 2. The molecule has 6 rings (SSSR count). The maximum atomic E-state index is 6.26. The Kier molecular flexibility index (Phi) is 6.46. The van der Waals surface area contributed by atoms with Crippen molar-refractivity contribution < 1.29 is 9.47 Å². The summed E-state index contributed by atoms with van der Waals surface area (Å²) in [7, 11) is 0. The maximum absolute atomic E-state index is 6.26.